The zero-order valence-electron chi connectivity index (χ0n) is 8.54. The topological polar surface area (TPSA) is 83.6 Å². The Morgan fingerprint density at radius 3 is 2.62 bits per heavy atom. The Morgan fingerprint density at radius 2 is 1.94 bits per heavy atom. The summed E-state index contributed by atoms with van der Waals surface area (Å²) in [5.74, 6) is 1.21. The van der Waals surface area contributed by atoms with E-state index >= 15 is 0 Å². The first-order valence-corrected chi connectivity index (χ1v) is 4.57. The lowest BCUT2D eigenvalue weighted by molar-refractivity contribution is 0.174. The van der Waals surface area contributed by atoms with Crippen LogP contribution in [0.3, 0.4) is 0 Å². The molecule has 1 aromatic carbocycles. The van der Waals surface area contributed by atoms with Gasteiger partial charge in [-0.3, -0.25) is 0 Å². The maximum absolute atomic E-state index is 8.85. The Bertz CT molecular complexity index is 468. The van der Waals surface area contributed by atoms with Crippen molar-refractivity contribution in [1.29, 1.82) is 0 Å². The van der Waals surface area contributed by atoms with Gasteiger partial charge in [0.2, 0.25) is 6.79 Å². The molecule has 1 heterocycles. The second kappa shape index (κ2) is 4.09. The third-order valence-corrected chi connectivity index (χ3v) is 2.24. The largest absolute Gasteiger partial charge is 0.454 e. The quantitative estimate of drug-likeness (QED) is 0.450. The first-order valence-electron chi connectivity index (χ1n) is 4.57. The molecule has 0 amide bonds. The van der Waals surface area contributed by atoms with Gasteiger partial charge in [-0.05, 0) is 25.1 Å². The summed E-state index contributed by atoms with van der Waals surface area (Å²) < 4.78 is 10.3. The monoisotopic (exact) mass is 222 g/mol. The fraction of sp³-hybridized carbons (Fsp3) is 0.200. The standard InChI is InChI=1S/C10H10N2O4/c1-6(11-13)10(12-14)7-2-3-8-9(4-7)16-5-15-8/h2-4,13-14H,5H2,1H3. The molecule has 0 bridgehead atoms. The number of hydrogen-bond donors (Lipinski definition) is 2. The summed E-state index contributed by atoms with van der Waals surface area (Å²) in [6.07, 6.45) is 0. The van der Waals surface area contributed by atoms with Crippen molar-refractivity contribution in [1.82, 2.24) is 0 Å². The summed E-state index contributed by atoms with van der Waals surface area (Å²) in [6.45, 7) is 1.71. The van der Waals surface area contributed by atoms with E-state index in [2.05, 4.69) is 10.3 Å². The molecule has 0 saturated carbocycles. The van der Waals surface area contributed by atoms with Gasteiger partial charge in [0, 0.05) is 5.56 Å². The minimum atomic E-state index is 0.178. The summed E-state index contributed by atoms with van der Waals surface area (Å²) >= 11 is 0. The van der Waals surface area contributed by atoms with Crippen LogP contribution in [-0.2, 0) is 0 Å². The molecule has 6 nitrogen and oxygen atoms in total. The van der Waals surface area contributed by atoms with E-state index in [0.29, 0.717) is 17.1 Å². The van der Waals surface area contributed by atoms with Crippen molar-refractivity contribution < 1.29 is 19.9 Å². The molecule has 0 spiro atoms. The van der Waals surface area contributed by atoms with Gasteiger partial charge in [0.25, 0.3) is 0 Å². The van der Waals surface area contributed by atoms with Crippen molar-refractivity contribution in [3.63, 3.8) is 0 Å². The molecule has 1 aliphatic rings. The molecule has 2 rings (SSSR count). The molecule has 84 valence electrons. The predicted octanol–water partition coefficient (Wildman–Crippen LogP) is 1.44. The Morgan fingerprint density at radius 1 is 1.19 bits per heavy atom. The number of nitrogens with zero attached hydrogens (tertiary/aromatic N) is 2. The highest BCUT2D eigenvalue weighted by Crippen LogP contribution is 2.32. The van der Waals surface area contributed by atoms with E-state index in [1.165, 1.54) is 6.92 Å². The lowest BCUT2D eigenvalue weighted by Crippen LogP contribution is -2.12. The highest BCUT2D eigenvalue weighted by molar-refractivity contribution is 6.47. The second-order valence-electron chi connectivity index (χ2n) is 3.20. The van der Waals surface area contributed by atoms with Gasteiger partial charge in [-0.15, -0.1) is 0 Å². The summed E-state index contributed by atoms with van der Waals surface area (Å²) in [7, 11) is 0. The lowest BCUT2D eigenvalue weighted by atomic mass is 10.1. The lowest BCUT2D eigenvalue weighted by Gasteiger charge is -2.03. The van der Waals surface area contributed by atoms with Crippen LogP contribution in [0, 0.1) is 0 Å². The number of benzene rings is 1. The van der Waals surface area contributed by atoms with Gasteiger partial charge < -0.3 is 19.9 Å². The van der Waals surface area contributed by atoms with Crippen molar-refractivity contribution >= 4 is 11.4 Å². The fourth-order valence-corrected chi connectivity index (χ4v) is 1.43. The minimum absolute atomic E-state index is 0.178. The molecule has 16 heavy (non-hydrogen) atoms. The Hall–Kier alpha value is -2.24. The van der Waals surface area contributed by atoms with E-state index in [-0.39, 0.29) is 18.2 Å². The van der Waals surface area contributed by atoms with Crippen LogP contribution in [0.5, 0.6) is 11.5 Å². The van der Waals surface area contributed by atoms with Crippen molar-refractivity contribution in [3.05, 3.63) is 23.8 Å². The molecule has 0 unspecified atom stereocenters. The van der Waals surface area contributed by atoms with Crippen LogP contribution in [0.1, 0.15) is 12.5 Å². The van der Waals surface area contributed by atoms with E-state index in [4.69, 9.17) is 19.9 Å². The molecular formula is C10H10N2O4. The molecule has 0 atom stereocenters. The number of rotatable bonds is 2. The first-order chi connectivity index (χ1) is 7.76. The predicted molar refractivity (Wildman–Crippen MR) is 55.8 cm³/mol. The maximum Gasteiger partial charge on any atom is 0.231 e. The molecule has 1 aromatic rings. The Kier molecular flexibility index (Phi) is 2.63. The molecule has 0 aromatic heterocycles. The number of hydrogen-bond acceptors (Lipinski definition) is 6. The second-order valence-corrected chi connectivity index (χ2v) is 3.20. The van der Waals surface area contributed by atoms with Crippen LogP contribution >= 0.6 is 0 Å². The Labute approximate surface area is 91.4 Å². The minimum Gasteiger partial charge on any atom is -0.454 e. The van der Waals surface area contributed by atoms with Gasteiger partial charge in [0.15, 0.2) is 11.5 Å². The molecular weight excluding hydrogens is 212 g/mol. The summed E-state index contributed by atoms with van der Waals surface area (Å²) in [5.41, 5.74) is 0.976. The average Bonchev–Trinajstić information content (AvgIpc) is 2.77. The number of fused-ring (bicyclic) bond motifs is 1. The van der Waals surface area contributed by atoms with Gasteiger partial charge in [0.05, 0.1) is 0 Å². The zero-order chi connectivity index (χ0) is 11.5. The van der Waals surface area contributed by atoms with Crippen LogP contribution in [0.25, 0.3) is 0 Å². The molecule has 1 aliphatic heterocycles. The van der Waals surface area contributed by atoms with Gasteiger partial charge in [-0.25, -0.2) is 0 Å². The number of ether oxygens (including phenoxy) is 2. The third kappa shape index (κ3) is 1.65. The van der Waals surface area contributed by atoms with E-state index in [0.717, 1.165) is 0 Å². The summed E-state index contributed by atoms with van der Waals surface area (Å²) in [4.78, 5) is 0. The zero-order valence-corrected chi connectivity index (χ0v) is 8.54. The van der Waals surface area contributed by atoms with Crippen LogP contribution < -0.4 is 9.47 Å². The molecule has 0 aliphatic carbocycles. The highest BCUT2D eigenvalue weighted by atomic mass is 16.7. The summed E-state index contributed by atoms with van der Waals surface area (Å²) in [6, 6.07) is 5.05. The maximum atomic E-state index is 8.85. The van der Waals surface area contributed by atoms with Crippen LogP contribution in [-0.4, -0.2) is 28.6 Å². The van der Waals surface area contributed by atoms with Crippen LogP contribution in [0.2, 0.25) is 0 Å². The SMILES string of the molecule is CC(=NO)C(=NO)c1ccc2c(c1)OCO2. The third-order valence-electron chi connectivity index (χ3n) is 2.24. The molecule has 0 fully saturated rings. The van der Waals surface area contributed by atoms with Gasteiger partial charge in [0.1, 0.15) is 11.4 Å². The Balaban J connectivity index is 2.41. The number of oxime groups is 2. The average molecular weight is 222 g/mol. The molecule has 0 saturated heterocycles. The van der Waals surface area contributed by atoms with Crippen molar-refractivity contribution in [2.45, 2.75) is 6.92 Å². The smallest absolute Gasteiger partial charge is 0.231 e. The van der Waals surface area contributed by atoms with E-state index in [1.807, 2.05) is 0 Å². The normalized spacial score (nSPS) is 15.3. The van der Waals surface area contributed by atoms with E-state index in [9.17, 15) is 0 Å². The molecule has 2 N–H and O–H groups in total. The van der Waals surface area contributed by atoms with Crippen molar-refractivity contribution in [3.8, 4) is 11.5 Å². The van der Waals surface area contributed by atoms with Crippen LogP contribution in [0.4, 0.5) is 0 Å². The highest BCUT2D eigenvalue weighted by Gasteiger charge is 2.17. The molecule has 0 radical (unpaired) electrons. The van der Waals surface area contributed by atoms with E-state index < -0.39 is 0 Å². The van der Waals surface area contributed by atoms with Crippen molar-refractivity contribution in [2.24, 2.45) is 10.3 Å². The summed E-state index contributed by atoms with van der Waals surface area (Å²) in [5, 5.41) is 23.6. The van der Waals surface area contributed by atoms with Gasteiger partial charge in [-0.1, -0.05) is 10.3 Å². The van der Waals surface area contributed by atoms with Crippen LogP contribution in [0.15, 0.2) is 28.5 Å². The van der Waals surface area contributed by atoms with Gasteiger partial charge in [-0.2, -0.15) is 0 Å². The van der Waals surface area contributed by atoms with Crippen molar-refractivity contribution in [2.75, 3.05) is 6.79 Å². The fourth-order valence-electron chi connectivity index (χ4n) is 1.43. The van der Waals surface area contributed by atoms with E-state index in [1.54, 1.807) is 18.2 Å². The van der Waals surface area contributed by atoms with Gasteiger partial charge >= 0.3 is 0 Å². The first kappa shape index (κ1) is 10.3. The molecule has 6 heteroatoms.